The molecular weight excluding hydrogens is 300 g/mol. The van der Waals surface area contributed by atoms with Crippen molar-refractivity contribution in [2.75, 3.05) is 0 Å². The van der Waals surface area contributed by atoms with Crippen molar-refractivity contribution in [3.8, 4) is 0 Å². The van der Waals surface area contributed by atoms with Gasteiger partial charge in [0.25, 0.3) is 0 Å². The van der Waals surface area contributed by atoms with E-state index in [1.807, 2.05) is 0 Å². The first-order chi connectivity index (χ1) is 9.02. The standard InChI is InChI=1S/C16H19BrN2/c1-10-7-11(2)9-13(8-10)16(19-18)14-6-4-5-12(3)15(14)17/h4-9,16,19H,18H2,1-3H3. The molecule has 0 spiro atoms. The number of nitrogens with two attached hydrogens (primary N) is 1. The van der Waals surface area contributed by atoms with Crippen molar-refractivity contribution in [3.05, 3.63) is 68.7 Å². The van der Waals surface area contributed by atoms with Crippen molar-refractivity contribution in [3.63, 3.8) is 0 Å². The van der Waals surface area contributed by atoms with Gasteiger partial charge in [0.1, 0.15) is 0 Å². The zero-order chi connectivity index (χ0) is 14.0. The average molecular weight is 319 g/mol. The third-order valence-electron chi connectivity index (χ3n) is 3.28. The predicted octanol–water partition coefficient (Wildman–Crippen LogP) is 3.93. The highest BCUT2D eigenvalue weighted by Crippen LogP contribution is 2.31. The van der Waals surface area contributed by atoms with E-state index in [1.165, 1.54) is 22.3 Å². The summed E-state index contributed by atoms with van der Waals surface area (Å²) in [5, 5.41) is 0. The van der Waals surface area contributed by atoms with Crippen LogP contribution in [0.15, 0.2) is 40.9 Å². The number of aryl methyl sites for hydroxylation is 3. The highest BCUT2D eigenvalue weighted by Gasteiger charge is 2.16. The van der Waals surface area contributed by atoms with Crippen molar-refractivity contribution in [1.82, 2.24) is 5.43 Å². The second-order valence-electron chi connectivity index (χ2n) is 5.00. The molecule has 3 heteroatoms. The summed E-state index contributed by atoms with van der Waals surface area (Å²) < 4.78 is 1.11. The predicted molar refractivity (Wildman–Crippen MR) is 84.0 cm³/mol. The largest absolute Gasteiger partial charge is 0.271 e. The van der Waals surface area contributed by atoms with E-state index in [0.29, 0.717) is 0 Å². The van der Waals surface area contributed by atoms with Crippen LogP contribution in [0, 0.1) is 20.8 Å². The van der Waals surface area contributed by atoms with E-state index in [4.69, 9.17) is 5.84 Å². The molecule has 1 atom stereocenters. The molecule has 0 amide bonds. The molecule has 19 heavy (non-hydrogen) atoms. The van der Waals surface area contributed by atoms with Gasteiger partial charge in [-0.1, -0.05) is 63.5 Å². The third-order valence-corrected chi connectivity index (χ3v) is 4.36. The van der Waals surface area contributed by atoms with Gasteiger partial charge >= 0.3 is 0 Å². The number of hydrogen-bond acceptors (Lipinski definition) is 2. The summed E-state index contributed by atoms with van der Waals surface area (Å²) in [6.07, 6.45) is 0. The smallest absolute Gasteiger partial charge is 0.0721 e. The van der Waals surface area contributed by atoms with E-state index < -0.39 is 0 Å². The molecule has 0 bridgehead atoms. The minimum atomic E-state index is -0.00660. The maximum Gasteiger partial charge on any atom is 0.0721 e. The average Bonchev–Trinajstić information content (AvgIpc) is 2.34. The lowest BCUT2D eigenvalue weighted by Gasteiger charge is -2.20. The van der Waals surface area contributed by atoms with Crippen LogP contribution in [0.4, 0.5) is 0 Å². The fraction of sp³-hybridized carbons (Fsp3) is 0.250. The highest BCUT2D eigenvalue weighted by atomic mass is 79.9. The second-order valence-corrected chi connectivity index (χ2v) is 5.79. The molecule has 2 rings (SSSR count). The van der Waals surface area contributed by atoms with Crippen molar-refractivity contribution in [1.29, 1.82) is 0 Å². The normalized spacial score (nSPS) is 12.5. The Bertz CT molecular complexity index is 573. The van der Waals surface area contributed by atoms with Crippen LogP contribution in [0.2, 0.25) is 0 Å². The second kappa shape index (κ2) is 5.87. The maximum absolute atomic E-state index is 5.79. The zero-order valence-electron chi connectivity index (χ0n) is 11.5. The van der Waals surface area contributed by atoms with Crippen LogP contribution in [0.5, 0.6) is 0 Å². The Labute approximate surface area is 123 Å². The molecule has 0 aliphatic heterocycles. The summed E-state index contributed by atoms with van der Waals surface area (Å²) in [5.41, 5.74) is 8.98. The van der Waals surface area contributed by atoms with Crippen LogP contribution in [-0.4, -0.2) is 0 Å². The van der Waals surface area contributed by atoms with Crippen LogP contribution in [0.3, 0.4) is 0 Å². The van der Waals surface area contributed by atoms with Gasteiger partial charge in [0, 0.05) is 4.47 Å². The number of hydrazine groups is 1. The molecule has 0 saturated heterocycles. The monoisotopic (exact) mass is 318 g/mol. The summed E-state index contributed by atoms with van der Waals surface area (Å²) in [4.78, 5) is 0. The van der Waals surface area contributed by atoms with E-state index in [1.54, 1.807) is 0 Å². The van der Waals surface area contributed by atoms with Crippen LogP contribution < -0.4 is 11.3 Å². The van der Waals surface area contributed by atoms with E-state index in [-0.39, 0.29) is 6.04 Å². The van der Waals surface area contributed by atoms with E-state index >= 15 is 0 Å². The molecule has 2 aromatic rings. The first-order valence-electron chi connectivity index (χ1n) is 6.32. The Morgan fingerprint density at radius 1 is 1.05 bits per heavy atom. The molecule has 0 heterocycles. The molecule has 1 unspecified atom stereocenters. The highest BCUT2D eigenvalue weighted by molar-refractivity contribution is 9.10. The van der Waals surface area contributed by atoms with Gasteiger partial charge in [-0.3, -0.25) is 5.84 Å². The minimum absolute atomic E-state index is 0.00660. The lowest BCUT2D eigenvalue weighted by atomic mass is 9.95. The van der Waals surface area contributed by atoms with E-state index in [2.05, 4.69) is 78.5 Å². The number of rotatable bonds is 3. The van der Waals surface area contributed by atoms with Gasteiger partial charge in [-0.15, -0.1) is 0 Å². The van der Waals surface area contributed by atoms with Crippen LogP contribution in [0.25, 0.3) is 0 Å². The SMILES string of the molecule is Cc1cc(C)cc(C(NN)c2cccc(C)c2Br)c1. The summed E-state index contributed by atoms with van der Waals surface area (Å²) >= 11 is 3.66. The van der Waals surface area contributed by atoms with Gasteiger partial charge < -0.3 is 0 Å². The molecule has 2 nitrogen and oxygen atoms in total. The number of nitrogens with one attached hydrogen (secondary N) is 1. The lowest BCUT2D eigenvalue weighted by Crippen LogP contribution is -2.29. The van der Waals surface area contributed by atoms with Crippen LogP contribution >= 0.6 is 15.9 Å². The van der Waals surface area contributed by atoms with Gasteiger partial charge in [0.2, 0.25) is 0 Å². The van der Waals surface area contributed by atoms with Crippen molar-refractivity contribution in [2.45, 2.75) is 26.8 Å². The summed E-state index contributed by atoms with van der Waals surface area (Å²) in [7, 11) is 0. The first kappa shape index (κ1) is 14.3. The van der Waals surface area contributed by atoms with Crippen molar-refractivity contribution in [2.24, 2.45) is 5.84 Å². The molecule has 0 saturated carbocycles. The summed E-state index contributed by atoms with van der Waals surface area (Å²) in [6.45, 7) is 6.30. The molecule has 0 fully saturated rings. The van der Waals surface area contributed by atoms with Crippen LogP contribution in [0.1, 0.15) is 33.9 Å². The molecule has 2 aromatic carbocycles. The quantitative estimate of drug-likeness (QED) is 0.664. The molecule has 3 N–H and O–H groups in total. The van der Waals surface area contributed by atoms with Gasteiger partial charge in [0.05, 0.1) is 6.04 Å². The number of hydrogen-bond donors (Lipinski definition) is 2. The van der Waals surface area contributed by atoms with Gasteiger partial charge in [0.15, 0.2) is 0 Å². The summed E-state index contributed by atoms with van der Waals surface area (Å²) in [5.74, 6) is 5.79. The maximum atomic E-state index is 5.79. The van der Waals surface area contributed by atoms with Gasteiger partial charge in [-0.25, -0.2) is 5.43 Å². The molecule has 0 aliphatic carbocycles. The summed E-state index contributed by atoms with van der Waals surface area (Å²) in [6, 6.07) is 12.7. The van der Waals surface area contributed by atoms with Gasteiger partial charge in [-0.2, -0.15) is 0 Å². The fourth-order valence-corrected chi connectivity index (χ4v) is 2.93. The molecular formula is C16H19BrN2. The first-order valence-corrected chi connectivity index (χ1v) is 7.11. The molecule has 0 aliphatic rings. The Hall–Kier alpha value is -1.16. The number of halogens is 1. The third kappa shape index (κ3) is 3.06. The zero-order valence-corrected chi connectivity index (χ0v) is 13.1. The molecule has 0 radical (unpaired) electrons. The Balaban J connectivity index is 2.53. The molecule has 100 valence electrons. The Kier molecular flexibility index (Phi) is 4.40. The minimum Gasteiger partial charge on any atom is -0.271 e. The fourth-order valence-electron chi connectivity index (χ4n) is 2.44. The Morgan fingerprint density at radius 2 is 1.68 bits per heavy atom. The number of benzene rings is 2. The van der Waals surface area contributed by atoms with Crippen molar-refractivity contribution < 1.29 is 0 Å². The Morgan fingerprint density at radius 3 is 2.26 bits per heavy atom. The van der Waals surface area contributed by atoms with Gasteiger partial charge in [-0.05, 0) is 37.5 Å². The van der Waals surface area contributed by atoms with Crippen LogP contribution in [-0.2, 0) is 0 Å². The lowest BCUT2D eigenvalue weighted by molar-refractivity contribution is 0.633. The van der Waals surface area contributed by atoms with E-state index in [0.717, 1.165) is 10.0 Å². The van der Waals surface area contributed by atoms with E-state index in [9.17, 15) is 0 Å². The van der Waals surface area contributed by atoms with Crippen molar-refractivity contribution >= 4 is 15.9 Å². The topological polar surface area (TPSA) is 38.0 Å². The molecule has 0 aromatic heterocycles.